The minimum absolute atomic E-state index is 0.0882. The van der Waals surface area contributed by atoms with Crippen LogP contribution in [0.15, 0.2) is 13.3 Å². The zero-order chi connectivity index (χ0) is 62.6. The standard InChI is InChI=1S/C16H36N.C14H20N4O6S.C14H20N4O3.C13H19N5O6S/c1-5-9-13-17(14-10-6-2,15-11-7-3)16-12-8-4;19-14-17-8-10(18(14)24-25(20,21)22)5-6-11(17)13-16-15-12(23-13)7-4-9-2-1-3-9;19-14-17-8-10(18(14)20)5-6-11(17)13-16-15-12(21-13)7-4-9-2-1-3-9;19-13-17-7-9(18(13)24-25(20,21)22)2-3-10(17)12-16-15-11(23-12)4-1-8-5-14-6-8/h5-16H2,1-4H3;9-11H,1-8H2,(H,20,21,22);9-11,20H,1-8H2;8-10,14H,1-7H2,(H,20,21,22)/q+1;;;/p-1/t;2*10-,11+;9-,10+/m.111/s1. The van der Waals surface area contributed by atoms with Gasteiger partial charge in [-0.15, -0.1) is 34.9 Å². The Morgan fingerprint density at radius 2 is 0.886 bits per heavy atom. The Hall–Kier alpha value is -5.15. The number of hydrogen-bond donors (Lipinski definition) is 3. The van der Waals surface area contributed by atoms with Gasteiger partial charge in [-0.1, -0.05) is 91.9 Å². The van der Waals surface area contributed by atoms with Crippen LogP contribution in [0.2, 0.25) is 0 Å². The summed E-state index contributed by atoms with van der Waals surface area (Å²) in [7, 11) is -9.74. The Morgan fingerprint density at radius 3 is 1.23 bits per heavy atom. The molecule has 2 aliphatic carbocycles. The number of piperidine rings is 3. The number of nitrogens with one attached hydrogen (secondary N) is 1. The number of carbonyl (C=O) groups excluding carboxylic acids is 3. The number of quaternary nitrogens is 1. The van der Waals surface area contributed by atoms with Gasteiger partial charge in [0.25, 0.3) is 0 Å². The second-order valence-electron chi connectivity index (χ2n) is 25.5. The van der Waals surface area contributed by atoms with Gasteiger partial charge in [0.1, 0.15) is 18.1 Å². The van der Waals surface area contributed by atoms with Gasteiger partial charge < -0.3 is 42.3 Å². The number of rotatable bonds is 28. The van der Waals surface area contributed by atoms with Crippen LogP contribution < -0.4 is 5.32 Å². The fourth-order valence-electron chi connectivity index (χ4n) is 13.3. The van der Waals surface area contributed by atoms with Gasteiger partial charge >= 0.3 is 28.5 Å². The van der Waals surface area contributed by atoms with Crippen LogP contribution >= 0.6 is 0 Å². The molecule has 494 valence electrons. The normalized spacial score (nSPS) is 24.6. The van der Waals surface area contributed by atoms with E-state index in [9.17, 15) is 41.0 Å². The zero-order valence-electron chi connectivity index (χ0n) is 51.8. The highest BCUT2D eigenvalue weighted by Crippen LogP contribution is 2.41. The molecule has 6 amide bonds. The number of fused-ring (bicyclic) bond motifs is 6. The van der Waals surface area contributed by atoms with Crippen molar-refractivity contribution in [2.45, 2.75) is 231 Å². The maximum Gasteiger partial charge on any atom is 0.418 e. The Kier molecular flexibility index (Phi) is 23.5. The first-order valence-corrected chi connectivity index (χ1v) is 35.3. The third kappa shape index (κ3) is 17.5. The Labute approximate surface area is 517 Å². The number of carbonyl (C=O) groups is 3. The van der Waals surface area contributed by atoms with Gasteiger partial charge in [-0.3, -0.25) is 9.76 Å². The Morgan fingerprint density at radius 1 is 0.523 bits per heavy atom. The molecule has 0 radical (unpaired) electrons. The van der Waals surface area contributed by atoms with Gasteiger partial charge in [0, 0.05) is 38.9 Å². The smallest absolute Gasteiger partial charge is 0.418 e. The number of aromatic nitrogens is 6. The van der Waals surface area contributed by atoms with Crippen molar-refractivity contribution in [3.63, 3.8) is 0 Å². The van der Waals surface area contributed by atoms with Crippen LogP contribution in [0.1, 0.15) is 229 Å². The van der Waals surface area contributed by atoms with E-state index in [0.717, 1.165) is 74.9 Å². The predicted octanol–water partition coefficient (Wildman–Crippen LogP) is 8.17. The molecule has 3 N–H and O–H groups in total. The number of nitrogens with zero attached hydrogens (tertiary/aromatic N) is 13. The quantitative estimate of drug-likeness (QED) is 0.0267. The minimum atomic E-state index is -4.99. The molecule has 7 saturated heterocycles. The van der Waals surface area contributed by atoms with Crippen molar-refractivity contribution in [2.24, 2.45) is 17.8 Å². The third-order valence-electron chi connectivity index (χ3n) is 19.2. The molecule has 9 fully saturated rings. The molecule has 0 spiro atoms. The van der Waals surface area contributed by atoms with Gasteiger partial charge in [-0.25, -0.2) is 27.9 Å². The summed E-state index contributed by atoms with van der Waals surface area (Å²) in [5.41, 5.74) is 0. The topological polar surface area (TPSA) is 350 Å². The van der Waals surface area contributed by atoms with Gasteiger partial charge in [-0.2, -0.15) is 22.8 Å². The van der Waals surface area contributed by atoms with Gasteiger partial charge in [0.2, 0.25) is 45.7 Å². The lowest BCUT2D eigenvalue weighted by molar-refractivity contribution is -0.929. The number of hydroxylamine groups is 6. The van der Waals surface area contributed by atoms with Gasteiger partial charge in [-0.05, 0) is 114 Å². The number of urea groups is 3. The monoisotopic (exact) mass is 1280 g/mol. The highest BCUT2D eigenvalue weighted by atomic mass is 32.3. The van der Waals surface area contributed by atoms with E-state index in [4.69, 9.17) is 17.8 Å². The zero-order valence-corrected chi connectivity index (χ0v) is 53.4. The second-order valence-corrected chi connectivity index (χ2v) is 27.5. The molecule has 6 atom stereocenters. The molecule has 3 aromatic heterocycles. The van der Waals surface area contributed by atoms with E-state index in [1.807, 2.05) is 0 Å². The summed E-state index contributed by atoms with van der Waals surface area (Å²) in [6.07, 6.45) is 27.8. The van der Waals surface area contributed by atoms with Crippen molar-refractivity contribution < 1.29 is 71.8 Å². The van der Waals surface area contributed by atoms with E-state index < -0.39 is 57.0 Å². The average Bonchev–Trinajstić information content (AvgIpc) is 3.39. The third-order valence-corrected chi connectivity index (χ3v) is 19.9. The minimum Gasteiger partial charge on any atom is -0.724 e. The van der Waals surface area contributed by atoms with Crippen molar-refractivity contribution in [3.8, 4) is 0 Å². The lowest BCUT2D eigenvalue weighted by Crippen LogP contribution is -2.50. The Balaban J connectivity index is 0.000000141. The molecule has 29 nitrogen and oxygen atoms in total. The van der Waals surface area contributed by atoms with E-state index in [0.29, 0.717) is 90.0 Å². The molecule has 10 heterocycles. The summed E-state index contributed by atoms with van der Waals surface area (Å²) in [6.45, 7) is 18.1. The summed E-state index contributed by atoms with van der Waals surface area (Å²) < 4.78 is 90.3. The Bertz CT molecular complexity index is 2790. The van der Waals surface area contributed by atoms with Crippen LogP contribution in [0.5, 0.6) is 0 Å². The van der Waals surface area contributed by atoms with Crippen LogP contribution in [-0.4, -0.2) is 191 Å². The first-order chi connectivity index (χ1) is 42.3. The average molecular weight is 1280 g/mol. The fourth-order valence-corrected chi connectivity index (χ4v) is 14.1. The van der Waals surface area contributed by atoms with Crippen LogP contribution in [0.4, 0.5) is 14.4 Å². The number of aryl methyl sites for hydroxylation is 3. The maximum absolute atomic E-state index is 12.4. The fraction of sp³-hybridized carbons (Fsp3) is 0.842. The summed E-state index contributed by atoms with van der Waals surface area (Å²) in [5.74, 6) is 5.19. The number of hydrogen-bond acceptors (Lipinski definition) is 21. The molecule has 0 aromatic carbocycles. The number of unbranched alkanes of at least 4 members (excludes halogenated alkanes) is 4. The van der Waals surface area contributed by atoms with Crippen molar-refractivity contribution in [2.75, 3.05) is 58.9 Å². The lowest BCUT2D eigenvalue weighted by Gasteiger charge is -2.39. The van der Waals surface area contributed by atoms with Gasteiger partial charge in [0.15, 0.2) is 0 Å². The maximum atomic E-state index is 12.4. The predicted molar refractivity (Wildman–Crippen MR) is 313 cm³/mol. The van der Waals surface area contributed by atoms with E-state index in [2.05, 4.69) is 72.2 Å². The summed E-state index contributed by atoms with van der Waals surface area (Å²) >= 11 is 0. The number of amides is 6. The second kappa shape index (κ2) is 30.8. The molecule has 88 heavy (non-hydrogen) atoms. The summed E-state index contributed by atoms with van der Waals surface area (Å²) in [6, 6.07) is -3.65. The van der Waals surface area contributed by atoms with E-state index >= 15 is 0 Å². The van der Waals surface area contributed by atoms with Crippen LogP contribution in [-0.2, 0) is 48.6 Å². The van der Waals surface area contributed by atoms with Crippen LogP contribution in [0.25, 0.3) is 0 Å². The first-order valence-electron chi connectivity index (χ1n) is 32.6. The molecule has 2 saturated carbocycles. The SMILES string of the molecule is CCCC[N+](CCCC)(CCCC)CCCC.O=C1N(O)[C@@H]2CC[C@@H](c3nnc(CCC4CCC4)o3)N1C2.O=C1N2C[C@@H](CC[C@H]2c2nnc(CCC3CCC3)o2)N1OS(=O)(=O)[O-].O=C1N2C[C@@H](CC[C@H]2c2nnc(CCC3CNC3)o2)N1OS(=O)(=O)O. The highest BCUT2D eigenvalue weighted by molar-refractivity contribution is 7.81. The van der Waals surface area contributed by atoms with Crippen molar-refractivity contribution in [3.05, 3.63) is 35.3 Å². The molecule has 9 aliphatic rings. The van der Waals surface area contributed by atoms with Crippen molar-refractivity contribution in [1.29, 1.82) is 0 Å². The van der Waals surface area contributed by atoms with Gasteiger partial charge in [0.05, 0.1) is 44.3 Å². The molecule has 6 bridgehead atoms. The van der Waals surface area contributed by atoms with Crippen LogP contribution in [0.3, 0.4) is 0 Å². The molecule has 0 unspecified atom stereocenters. The molecule has 7 aliphatic heterocycles. The molecular weight excluding hydrogens is 1180 g/mol. The largest absolute Gasteiger partial charge is 0.724 e. The molecule has 3 aromatic rings. The van der Waals surface area contributed by atoms with Crippen LogP contribution in [0, 0.1) is 17.8 Å². The molecular formula is C57H94N14O15S2. The first kappa shape index (κ1) is 67.2. The lowest BCUT2D eigenvalue weighted by atomic mass is 9.82. The van der Waals surface area contributed by atoms with Crippen molar-refractivity contribution >= 4 is 38.9 Å². The van der Waals surface area contributed by atoms with Crippen molar-refractivity contribution in [1.82, 2.24) is 65.8 Å². The summed E-state index contributed by atoms with van der Waals surface area (Å²) in [4.78, 5) is 41.2. The van der Waals surface area contributed by atoms with E-state index in [1.54, 1.807) is 4.90 Å². The van der Waals surface area contributed by atoms with E-state index in [1.165, 1.54) is 130 Å². The molecule has 12 rings (SSSR count). The van der Waals surface area contributed by atoms with E-state index in [-0.39, 0.29) is 31.2 Å². The molecule has 31 heteroatoms. The highest BCUT2D eigenvalue weighted by Gasteiger charge is 2.51. The summed E-state index contributed by atoms with van der Waals surface area (Å²) in [5, 5.41) is 39.6.